The molecule has 2 N–H and O–H groups in total. The van der Waals surface area contributed by atoms with Crippen LogP contribution in [0.3, 0.4) is 0 Å². The Kier molecular flexibility index (Phi) is 5.17. The number of aromatic amines is 1. The van der Waals surface area contributed by atoms with Crippen molar-refractivity contribution < 1.29 is 9.59 Å². The molecule has 1 aromatic heterocycles. The Balaban J connectivity index is 1.58. The molecular formula is C21H21N3O2. The molecule has 0 aliphatic carbocycles. The molecule has 2 aromatic carbocycles. The van der Waals surface area contributed by atoms with Gasteiger partial charge in [-0.15, -0.1) is 0 Å². The van der Waals surface area contributed by atoms with Gasteiger partial charge in [-0.05, 0) is 35.4 Å². The molecule has 0 aliphatic rings. The smallest absolute Gasteiger partial charge is 0.253 e. The minimum absolute atomic E-state index is 0.0444. The number of para-hydroxylation sites is 1. The number of H-pyrrole nitrogens is 1. The number of nitrogens with zero attached hydrogens (tertiary/aromatic N) is 1. The average molecular weight is 347 g/mol. The van der Waals surface area contributed by atoms with E-state index in [1.165, 1.54) is 11.0 Å². The maximum absolute atomic E-state index is 12.0. The summed E-state index contributed by atoms with van der Waals surface area (Å²) in [4.78, 5) is 28.6. The van der Waals surface area contributed by atoms with Gasteiger partial charge in [0.05, 0.1) is 0 Å². The van der Waals surface area contributed by atoms with Gasteiger partial charge in [0, 0.05) is 49.4 Å². The second-order valence-electron chi connectivity index (χ2n) is 6.23. The summed E-state index contributed by atoms with van der Waals surface area (Å²) in [6.07, 6.45) is 5.14. The predicted octanol–water partition coefficient (Wildman–Crippen LogP) is 3.20. The number of aromatic nitrogens is 1. The Hall–Kier alpha value is -3.34. The number of carbonyl (C=O) groups is 2. The Morgan fingerprint density at radius 3 is 2.54 bits per heavy atom. The van der Waals surface area contributed by atoms with Gasteiger partial charge in [-0.1, -0.05) is 30.3 Å². The lowest BCUT2D eigenvalue weighted by molar-refractivity contribution is -0.116. The van der Waals surface area contributed by atoms with Gasteiger partial charge in [-0.2, -0.15) is 0 Å². The van der Waals surface area contributed by atoms with Crippen molar-refractivity contribution in [2.45, 2.75) is 6.54 Å². The van der Waals surface area contributed by atoms with E-state index in [1.807, 2.05) is 42.6 Å². The van der Waals surface area contributed by atoms with E-state index >= 15 is 0 Å². The molecule has 0 radical (unpaired) electrons. The highest BCUT2D eigenvalue weighted by molar-refractivity contribution is 5.95. The van der Waals surface area contributed by atoms with Crippen LogP contribution in [0.5, 0.6) is 0 Å². The summed E-state index contributed by atoms with van der Waals surface area (Å²) in [5, 5.41) is 3.99. The number of hydrogen-bond acceptors (Lipinski definition) is 2. The van der Waals surface area contributed by atoms with E-state index in [0.717, 1.165) is 22.0 Å². The molecule has 5 heteroatoms. The zero-order valence-electron chi connectivity index (χ0n) is 14.8. The molecule has 1 heterocycles. The van der Waals surface area contributed by atoms with Crippen LogP contribution in [0.1, 0.15) is 21.5 Å². The van der Waals surface area contributed by atoms with E-state index < -0.39 is 0 Å². The second-order valence-corrected chi connectivity index (χ2v) is 6.23. The first-order valence-corrected chi connectivity index (χ1v) is 8.37. The first-order chi connectivity index (χ1) is 12.5. The molecule has 0 saturated heterocycles. The largest absolute Gasteiger partial charge is 0.361 e. The highest BCUT2D eigenvalue weighted by Crippen LogP contribution is 2.17. The van der Waals surface area contributed by atoms with E-state index in [0.29, 0.717) is 12.1 Å². The van der Waals surface area contributed by atoms with Crippen molar-refractivity contribution in [1.29, 1.82) is 0 Å². The number of benzene rings is 2. The van der Waals surface area contributed by atoms with Crippen molar-refractivity contribution >= 4 is 28.8 Å². The van der Waals surface area contributed by atoms with Crippen molar-refractivity contribution in [3.63, 3.8) is 0 Å². The fourth-order valence-electron chi connectivity index (χ4n) is 2.69. The zero-order chi connectivity index (χ0) is 18.5. The van der Waals surface area contributed by atoms with Crippen molar-refractivity contribution in [3.05, 3.63) is 77.5 Å². The second kappa shape index (κ2) is 7.70. The van der Waals surface area contributed by atoms with Gasteiger partial charge in [0.15, 0.2) is 0 Å². The first kappa shape index (κ1) is 17.5. The minimum atomic E-state index is -0.163. The van der Waals surface area contributed by atoms with Crippen LogP contribution < -0.4 is 5.32 Å². The molecule has 0 spiro atoms. The van der Waals surface area contributed by atoms with E-state index in [1.54, 1.807) is 32.3 Å². The van der Waals surface area contributed by atoms with E-state index in [9.17, 15) is 9.59 Å². The van der Waals surface area contributed by atoms with Crippen LogP contribution in [0, 0.1) is 0 Å². The topological polar surface area (TPSA) is 65.2 Å². The lowest BCUT2D eigenvalue weighted by atomic mass is 10.1. The average Bonchev–Trinajstić information content (AvgIpc) is 3.07. The van der Waals surface area contributed by atoms with Crippen LogP contribution in [0.4, 0.5) is 0 Å². The predicted molar refractivity (Wildman–Crippen MR) is 104 cm³/mol. The molecule has 0 bridgehead atoms. The van der Waals surface area contributed by atoms with Crippen LogP contribution in [-0.2, 0) is 11.3 Å². The van der Waals surface area contributed by atoms with E-state index in [2.05, 4.69) is 10.3 Å². The monoisotopic (exact) mass is 347 g/mol. The molecule has 0 aliphatic heterocycles. The molecule has 3 aromatic rings. The quantitative estimate of drug-likeness (QED) is 0.696. The third kappa shape index (κ3) is 4.00. The first-order valence-electron chi connectivity index (χ1n) is 8.37. The lowest BCUT2D eigenvalue weighted by Gasteiger charge is -2.09. The highest BCUT2D eigenvalue weighted by Gasteiger charge is 2.07. The lowest BCUT2D eigenvalue weighted by Crippen LogP contribution is -2.21. The molecule has 0 atom stereocenters. The van der Waals surface area contributed by atoms with Gasteiger partial charge in [-0.3, -0.25) is 9.59 Å². The van der Waals surface area contributed by atoms with Gasteiger partial charge in [-0.25, -0.2) is 0 Å². The molecule has 0 fully saturated rings. The molecule has 26 heavy (non-hydrogen) atoms. The Morgan fingerprint density at radius 1 is 1.08 bits per heavy atom. The molecule has 3 rings (SSSR count). The summed E-state index contributed by atoms with van der Waals surface area (Å²) in [6.45, 7) is 0.462. The van der Waals surface area contributed by atoms with Crippen LogP contribution in [0.25, 0.3) is 17.0 Å². The van der Waals surface area contributed by atoms with E-state index in [-0.39, 0.29) is 11.8 Å². The maximum atomic E-state index is 12.0. The summed E-state index contributed by atoms with van der Waals surface area (Å²) in [7, 11) is 3.43. The fourth-order valence-corrected chi connectivity index (χ4v) is 2.69. The van der Waals surface area contributed by atoms with Gasteiger partial charge >= 0.3 is 0 Å². The van der Waals surface area contributed by atoms with Crippen molar-refractivity contribution in [3.8, 4) is 0 Å². The normalized spacial score (nSPS) is 11.0. The SMILES string of the molecule is CN(C)C(=O)c1ccc(/C=C/C(=O)NCc2c[nH]c3ccccc23)cc1. The third-order valence-corrected chi connectivity index (χ3v) is 4.12. The summed E-state index contributed by atoms with van der Waals surface area (Å²) < 4.78 is 0. The van der Waals surface area contributed by atoms with Crippen molar-refractivity contribution in [1.82, 2.24) is 15.2 Å². The number of fused-ring (bicyclic) bond motifs is 1. The number of nitrogens with one attached hydrogen (secondary N) is 2. The van der Waals surface area contributed by atoms with Gasteiger partial charge in [0.25, 0.3) is 5.91 Å². The molecule has 2 amide bonds. The maximum Gasteiger partial charge on any atom is 0.253 e. The summed E-state index contributed by atoms with van der Waals surface area (Å²) >= 11 is 0. The number of rotatable bonds is 5. The molecule has 0 unspecified atom stereocenters. The summed E-state index contributed by atoms with van der Waals surface area (Å²) in [5.74, 6) is -0.208. The van der Waals surface area contributed by atoms with Gasteiger partial charge in [0.2, 0.25) is 5.91 Å². The van der Waals surface area contributed by atoms with Gasteiger partial charge < -0.3 is 15.2 Å². The van der Waals surface area contributed by atoms with Crippen molar-refractivity contribution in [2.24, 2.45) is 0 Å². The summed E-state index contributed by atoms with van der Waals surface area (Å²) in [6, 6.07) is 15.1. The molecule has 132 valence electrons. The van der Waals surface area contributed by atoms with Gasteiger partial charge in [0.1, 0.15) is 0 Å². The van der Waals surface area contributed by atoms with Crippen LogP contribution >= 0.6 is 0 Å². The fraction of sp³-hybridized carbons (Fsp3) is 0.143. The third-order valence-electron chi connectivity index (χ3n) is 4.12. The Morgan fingerprint density at radius 2 is 1.81 bits per heavy atom. The number of amides is 2. The Bertz CT molecular complexity index is 953. The van der Waals surface area contributed by atoms with Crippen LogP contribution in [0.2, 0.25) is 0 Å². The van der Waals surface area contributed by atoms with Crippen LogP contribution in [-0.4, -0.2) is 35.8 Å². The van der Waals surface area contributed by atoms with E-state index in [4.69, 9.17) is 0 Å². The highest BCUT2D eigenvalue weighted by atomic mass is 16.2. The number of carbonyl (C=O) groups excluding carboxylic acids is 2. The minimum Gasteiger partial charge on any atom is -0.361 e. The molecule has 5 nitrogen and oxygen atoms in total. The van der Waals surface area contributed by atoms with Crippen molar-refractivity contribution in [2.75, 3.05) is 14.1 Å². The summed E-state index contributed by atoms with van der Waals surface area (Å²) in [5.41, 5.74) is 3.59. The standard InChI is InChI=1S/C21H21N3O2/c1-24(2)21(26)16-10-7-15(8-11-16)9-12-20(25)23-14-17-13-22-19-6-4-3-5-18(17)19/h3-13,22H,14H2,1-2H3,(H,23,25)/b12-9+. The molecule has 0 saturated carbocycles. The number of hydrogen-bond donors (Lipinski definition) is 2. The Labute approximate surface area is 152 Å². The van der Waals surface area contributed by atoms with Crippen LogP contribution in [0.15, 0.2) is 60.8 Å². The molecular weight excluding hydrogens is 326 g/mol. The zero-order valence-corrected chi connectivity index (χ0v) is 14.8.